The Labute approximate surface area is 108 Å². The van der Waals surface area contributed by atoms with Crippen LogP contribution in [-0.2, 0) is 13.8 Å². The molecule has 0 radical (unpaired) electrons. The molecule has 0 N–H and O–H groups in total. The van der Waals surface area contributed by atoms with Crippen molar-refractivity contribution in [1.29, 1.82) is 0 Å². The van der Waals surface area contributed by atoms with Crippen LogP contribution in [-0.4, -0.2) is 19.7 Å². The van der Waals surface area contributed by atoms with Crippen LogP contribution in [0.1, 0.15) is 27.3 Å². The number of fused-ring (bicyclic) bond motifs is 1. The molecule has 6 heteroatoms. The molecule has 1 heterocycles. The fraction of sp³-hybridized carbons (Fsp3) is 0.364. The van der Waals surface area contributed by atoms with Crippen molar-refractivity contribution in [3.8, 4) is 0 Å². The minimum atomic E-state index is -2.99. The van der Waals surface area contributed by atoms with Crippen molar-refractivity contribution >= 4 is 29.3 Å². The van der Waals surface area contributed by atoms with Crippen LogP contribution in [0.5, 0.6) is 0 Å². The maximum atomic E-state index is 12.2. The first kappa shape index (κ1) is 12.8. The number of aryl methyl sites for hydroxylation is 1. The van der Waals surface area contributed by atoms with Gasteiger partial charge in [0, 0.05) is 23.8 Å². The largest absolute Gasteiger partial charge is 0.443 e. The highest BCUT2D eigenvalue weighted by Gasteiger charge is 2.42. The first-order valence-electron chi connectivity index (χ1n) is 5.01. The van der Waals surface area contributed by atoms with E-state index in [0.717, 1.165) is 10.0 Å². The molecule has 17 heavy (non-hydrogen) atoms. The van der Waals surface area contributed by atoms with Crippen molar-refractivity contribution in [1.82, 2.24) is 0 Å². The highest BCUT2D eigenvalue weighted by molar-refractivity contribution is 9.10. The molecule has 2 rings (SSSR count). The van der Waals surface area contributed by atoms with Gasteiger partial charge in [0.25, 0.3) is 0 Å². The molecule has 0 bridgehead atoms. The number of esters is 1. The molecule has 0 saturated heterocycles. The molecule has 0 aromatic heterocycles. The second-order valence-electron chi connectivity index (χ2n) is 4.04. The van der Waals surface area contributed by atoms with Gasteiger partial charge in [0.1, 0.15) is 0 Å². The molecule has 0 spiro atoms. The monoisotopic (exact) mass is 318 g/mol. The topological polar surface area (TPSA) is 52.6 Å². The minimum Gasteiger partial charge on any atom is -0.443 e. The molecule has 0 saturated carbocycles. The summed E-state index contributed by atoms with van der Waals surface area (Å²) in [4.78, 5) is 11.7. The van der Waals surface area contributed by atoms with Gasteiger partial charge in [0.05, 0.1) is 5.56 Å². The van der Waals surface area contributed by atoms with E-state index in [0.29, 0.717) is 11.1 Å². The molecule has 1 aromatic rings. The lowest BCUT2D eigenvalue weighted by molar-refractivity contribution is 0.0489. The van der Waals surface area contributed by atoms with Crippen molar-refractivity contribution in [2.45, 2.75) is 12.8 Å². The number of carbonyl (C=O) groups excluding carboxylic acids is 1. The fourth-order valence-electron chi connectivity index (χ4n) is 1.75. The van der Waals surface area contributed by atoms with Crippen LogP contribution < -0.4 is 0 Å². The van der Waals surface area contributed by atoms with Gasteiger partial charge >= 0.3 is 5.97 Å². The van der Waals surface area contributed by atoms with E-state index >= 15 is 0 Å². The summed E-state index contributed by atoms with van der Waals surface area (Å²) >= 11 is 3.39. The van der Waals surface area contributed by atoms with E-state index < -0.39 is 19.2 Å². The third-order valence-electron chi connectivity index (χ3n) is 2.82. The highest BCUT2D eigenvalue weighted by Crippen LogP contribution is 2.60. The van der Waals surface area contributed by atoms with Gasteiger partial charge in [0.2, 0.25) is 13.2 Å². The molecule has 92 valence electrons. The van der Waals surface area contributed by atoms with E-state index in [1.165, 1.54) is 13.8 Å². The molecule has 2 atom stereocenters. The smallest absolute Gasteiger partial charge is 0.339 e. The molecule has 2 unspecified atom stereocenters. The Hall–Kier alpha value is -0.640. The van der Waals surface area contributed by atoms with Gasteiger partial charge in [-0.15, -0.1) is 0 Å². The van der Waals surface area contributed by atoms with E-state index in [-0.39, 0.29) is 0 Å². The van der Waals surface area contributed by atoms with Crippen LogP contribution >= 0.6 is 23.3 Å². The average molecular weight is 319 g/mol. The lowest BCUT2D eigenvalue weighted by Gasteiger charge is -2.18. The highest BCUT2D eigenvalue weighted by atomic mass is 79.9. The number of halogens is 1. The normalized spacial score (nSPS) is 21.9. The fourth-order valence-corrected chi connectivity index (χ4v) is 3.31. The quantitative estimate of drug-likeness (QED) is 0.618. The molecule has 0 aliphatic carbocycles. The van der Waals surface area contributed by atoms with Gasteiger partial charge in [-0.25, -0.2) is 4.79 Å². The van der Waals surface area contributed by atoms with Gasteiger partial charge in [-0.2, -0.15) is 0 Å². The Balaban J connectivity index is 2.58. The van der Waals surface area contributed by atoms with E-state index in [9.17, 15) is 9.36 Å². The Bertz CT molecular complexity index is 541. The van der Waals surface area contributed by atoms with Crippen molar-refractivity contribution in [2.75, 3.05) is 13.8 Å². The number of benzene rings is 1. The molecule has 0 fully saturated rings. The van der Waals surface area contributed by atoms with Gasteiger partial charge in [0.15, 0.2) is 0 Å². The first-order valence-corrected chi connectivity index (χ1v) is 7.94. The summed E-state index contributed by atoms with van der Waals surface area (Å²) in [5.41, 5.74) is 2.03. The number of ether oxygens (including phenoxy) is 1. The number of rotatable bonds is 2. The van der Waals surface area contributed by atoms with Gasteiger partial charge < -0.3 is 9.26 Å². The number of hydrogen-bond donors (Lipinski definition) is 0. The summed E-state index contributed by atoms with van der Waals surface area (Å²) in [6.45, 7) is 3.35. The van der Waals surface area contributed by atoms with E-state index in [2.05, 4.69) is 15.9 Å². The molecule has 0 amide bonds. The SMILES string of the molecule is COP(C)(=O)C1OC(=O)c2cc(C)c(Br)cc21. The lowest BCUT2D eigenvalue weighted by Crippen LogP contribution is -2.00. The van der Waals surface area contributed by atoms with E-state index in [1.54, 1.807) is 12.1 Å². The zero-order chi connectivity index (χ0) is 12.8. The minimum absolute atomic E-state index is 0.445. The Morgan fingerprint density at radius 2 is 2.12 bits per heavy atom. The van der Waals surface area contributed by atoms with E-state index in [1.807, 2.05) is 6.92 Å². The average Bonchev–Trinajstić information content (AvgIpc) is 2.58. The summed E-state index contributed by atoms with van der Waals surface area (Å²) < 4.78 is 23.1. The Morgan fingerprint density at radius 1 is 1.47 bits per heavy atom. The molecule has 1 aromatic carbocycles. The van der Waals surface area contributed by atoms with Crippen molar-refractivity contribution < 1.29 is 18.6 Å². The summed E-state index contributed by atoms with van der Waals surface area (Å²) in [6.07, 6.45) is 0. The Kier molecular flexibility index (Phi) is 3.19. The second kappa shape index (κ2) is 4.23. The summed E-state index contributed by atoms with van der Waals surface area (Å²) in [5.74, 6) is -1.24. The van der Waals surface area contributed by atoms with Crippen LogP contribution in [0.4, 0.5) is 0 Å². The summed E-state index contributed by atoms with van der Waals surface area (Å²) in [5, 5.41) is 0. The van der Waals surface area contributed by atoms with Crippen LogP contribution in [0.2, 0.25) is 0 Å². The van der Waals surface area contributed by atoms with Crippen LogP contribution in [0.15, 0.2) is 16.6 Å². The predicted molar refractivity (Wildman–Crippen MR) is 67.6 cm³/mol. The Morgan fingerprint density at radius 3 is 2.71 bits per heavy atom. The lowest BCUT2D eigenvalue weighted by atomic mass is 10.1. The molecular weight excluding hydrogens is 307 g/mol. The third kappa shape index (κ3) is 2.07. The summed E-state index contributed by atoms with van der Waals surface area (Å²) in [6, 6.07) is 3.51. The summed E-state index contributed by atoms with van der Waals surface area (Å²) in [7, 11) is -1.63. The zero-order valence-electron chi connectivity index (χ0n) is 9.69. The maximum Gasteiger partial charge on any atom is 0.339 e. The predicted octanol–water partition coefficient (Wildman–Crippen LogP) is 3.48. The number of carbonyl (C=O) groups is 1. The molecule has 4 nitrogen and oxygen atoms in total. The molecule has 1 aliphatic heterocycles. The zero-order valence-corrected chi connectivity index (χ0v) is 12.2. The van der Waals surface area contributed by atoms with Gasteiger partial charge in [-0.3, -0.25) is 4.57 Å². The van der Waals surface area contributed by atoms with Crippen molar-refractivity contribution in [3.63, 3.8) is 0 Å². The molecular formula is C11H12BrO4P. The second-order valence-corrected chi connectivity index (χ2v) is 7.54. The van der Waals surface area contributed by atoms with Crippen molar-refractivity contribution in [2.24, 2.45) is 0 Å². The van der Waals surface area contributed by atoms with Gasteiger partial charge in [-0.1, -0.05) is 15.9 Å². The van der Waals surface area contributed by atoms with Crippen LogP contribution in [0.3, 0.4) is 0 Å². The standard InChI is InChI=1S/C11H12BrO4P/c1-6-4-7-8(5-9(6)12)11(16-10(7)13)17(3,14)15-2/h4-5,11H,1-3H3. The molecule has 1 aliphatic rings. The van der Waals surface area contributed by atoms with Crippen LogP contribution in [0.25, 0.3) is 0 Å². The number of cyclic esters (lactones) is 1. The van der Waals surface area contributed by atoms with E-state index in [4.69, 9.17) is 9.26 Å². The maximum absolute atomic E-state index is 12.2. The third-order valence-corrected chi connectivity index (χ3v) is 5.64. The van der Waals surface area contributed by atoms with Crippen LogP contribution in [0, 0.1) is 6.92 Å². The first-order chi connectivity index (χ1) is 7.86. The van der Waals surface area contributed by atoms with Gasteiger partial charge in [-0.05, 0) is 24.6 Å². The van der Waals surface area contributed by atoms with Crippen molar-refractivity contribution in [3.05, 3.63) is 33.3 Å². The number of hydrogen-bond acceptors (Lipinski definition) is 4.